The van der Waals surface area contributed by atoms with E-state index in [9.17, 15) is 13.2 Å². The Bertz CT molecular complexity index is 1200. The van der Waals surface area contributed by atoms with E-state index in [1.54, 1.807) is 18.2 Å². The molecule has 30 heavy (non-hydrogen) atoms. The highest BCUT2D eigenvalue weighted by molar-refractivity contribution is 7.89. The second-order valence-corrected chi connectivity index (χ2v) is 9.65. The first-order valence-electron chi connectivity index (χ1n) is 9.89. The zero-order chi connectivity index (χ0) is 21.3. The lowest BCUT2D eigenvalue weighted by Crippen LogP contribution is -2.36. The van der Waals surface area contributed by atoms with E-state index in [4.69, 9.17) is 0 Å². The molecular formula is C24H24N2O3S. The molecule has 5 nitrogen and oxygen atoms in total. The van der Waals surface area contributed by atoms with Gasteiger partial charge in [0, 0.05) is 24.3 Å². The summed E-state index contributed by atoms with van der Waals surface area (Å²) in [7, 11) is -3.56. The van der Waals surface area contributed by atoms with Gasteiger partial charge in [-0.2, -0.15) is 4.31 Å². The molecule has 0 saturated carbocycles. The molecule has 0 saturated heterocycles. The van der Waals surface area contributed by atoms with Crippen LogP contribution in [0.3, 0.4) is 0 Å². The maximum Gasteiger partial charge on any atom is 0.255 e. The van der Waals surface area contributed by atoms with E-state index < -0.39 is 10.0 Å². The van der Waals surface area contributed by atoms with E-state index in [2.05, 4.69) is 5.32 Å². The summed E-state index contributed by atoms with van der Waals surface area (Å²) in [6.07, 6.45) is 0.645. The normalized spacial score (nSPS) is 14.2. The molecule has 0 atom stereocenters. The lowest BCUT2D eigenvalue weighted by molar-refractivity contribution is 0.102. The number of rotatable bonds is 4. The minimum Gasteiger partial charge on any atom is -0.322 e. The fourth-order valence-electron chi connectivity index (χ4n) is 3.66. The monoisotopic (exact) mass is 420 g/mol. The third kappa shape index (κ3) is 4.15. The van der Waals surface area contributed by atoms with Crippen molar-refractivity contribution in [2.24, 2.45) is 0 Å². The first-order valence-corrected chi connectivity index (χ1v) is 11.3. The number of carbonyl (C=O) groups is 1. The highest BCUT2D eigenvalue weighted by atomic mass is 32.2. The van der Waals surface area contributed by atoms with Gasteiger partial charge in [0.1, 0.15) is 0 Å². The molecular weight excluding hydrogens is 396 g/mol. The Hall–Kier alpha value is -2.96. The highest BCUT2D eigenvalue weighted by Gasteiger charge is 2.28. The van der Waals surface area contributed by atoms with Gasteiger partial charge in [-0.25, -0.2) is 8.42 Å². The van der Waals surface area contributed by atoms with Gasteiger partial charge in [0.15, 0.2) is 0 Å². The van der Waals surface area contributed by atoms with Gasteiger partial charge in [0.25, 0.3) is 5.91 Å². The molecule has 1 amide bonds. The summed E-state index contributed by atoms with van der Waals surface area (Å²) in [4.78, 5) is 12.9. The second-order valence-electron chi connectivity index (χ2n) is 7.71. The number of benzene rings is 3. The van der Waals surface area contributed by atoms with Crippen molar-refractivity contribution < 1.29 is 13.2 Å². The average molecular weight is 421 g/mol. The third-order valence-corrected chi connectivity index (χ3v) is 7.24. The summed E-state index contributed by atoms with van der Waals surface area (Å²) < 4.78 is 27.6. The number of hydrogen-bond acceptors (Lipinski definition) is 3. The minimum atomic E-state index is -3.56. The fourth-order valence-corrected chi connectivity index (χ4v) is 5.08. The van der Waals surface area contributed by atoms with Crippen LogP contribution in [-0.2, 0) is 23.0 Å². The molecule has 0 fully saturated rings. The number of nitrogens with zero attached hydrogens (tertiary/aromatic N) is 1. The van der Waals surface area contributed by atoms with Crippen molar-refractivity contribution in [1.82, 2.24) is 4.31 Å². The smallest absolute Gasteiger partial charge is 0.255 e. The Labute approximate surface area is 177 Å². The van der Waals surface area contributed by atoms with Crippen molar-refractivity contribution in [3.8, 4) is 0 Å². The summed E-state index contributed by atoms with van der Waals surface area (Å²) >= 11 is 0. The summed E-state index contributed by atoms with van der Waals surface area (Å²) in [5.74, 6) is -0.182. The summed E-state index contributed by atoms with van der Waals surface area (Å²) in [6.45, 7) is 4.61. The zero-order valence-electron chi connectivity index (χ0n) is 17.1. The van der Waals surface area contributed by atoms with E-state index >= 15 is 0 Å². The number of amides is 1. The van der Waals surface area contributed by atoms with Crippen LogP contribution in [0.5, 0.6) is 0 Å². The van der Waals surface area contributed by atoms with Crippen LogP contribution < -0.4 is 5.32 Å². The van der Waals surface area contributed by atoms with Crippen LogP contribution in [-0.4, -0.2) is 25.2 Å². The Balaban J connectivity index is 1.55. The summed E-state index contributed by atoms with van der Waals surface area (Å²) in [5.41, 5.74) is 5.32. The maximum absolute atomic E-state index is 13.0. The van der Waals surface area contributed by atoms with Crippen LogP contribution in [0.2, 0.25) is 0 Å². The molecule has 1 aliphatic rings. The van der Waals surface area contributed by atoms with Crippen molar-refractivity contribution in [2.45, 2.75) is 31.7 Å². The molecule has 0 aromatic heterocycles. The van der Waals surface area contributed by atoms with Gasteiger partial charge < -0.3 is 5.32 Å². The Morgan fingerprint density at radius 1 is 0.900 bits per heavy atom. The molecule has 4 rings (SSSR count). The molecule has 154 valence electrons. The summed E-state index contributed by atoms with van der Waals surface area (Å²) in [6, 6.07) is 20.0. The lowest BCUT2D eigenvalue weighted by Gasteiger charge is -2.28. The van der Waals surface area contributed by atoms with Crippen molar-refractivity contribution in [3.63, 3.8) is 0 Å². The number of fused-ring (bicyclic) bond motifs is 1. The van der Waals surface area contributed by atoms with E-state index in [0.717, 1.165) is 22.3 Å². The largest absolute Gasteiger partial charge is 0.322 e. The van der Waals surface area contributed by atoms with E-state index in [1.165, 1.54) is 4.31 Å². The zero-order valence-corrected chi connectivity index (χ0v) is 17.9. The summed E-state index contributed by atoms with van der Waals surface area (Å²) in [5, 5.41) is 2.92. The average Bonchev–Trinajstić information content (AvgIpc) is 2.73. The predicted octanol–water partition coefficient (Wildman–Crippen LogP) is 4.30. The number of anilines is 1. The van der Waals surface area contributed by atoms with Crippen LogP contribution >= 0.6 is 0 Å². The molecule has 3 aromatic carbocycles. The van der Waals surface area contributed by atoms with Gasteiger partial charge in [-0.3, -0.25) is 4.79 Å². The lowest BCUT2D eigenvalue weighted by atomic mass is 10.0. The fraction of sp³-hybridized carbons (Fsp3) is 0.208. The standard InChI is InChI=1S/C24H24N2O3S/c1-17-6-10-23(11-7-17)30(28,29)26-13-12-19-8-9-22(15-21(19)16-26)25-24(27)20-5-3-4-18(2)14-20/h3-11,14-15H,12-13,16H2,1-2H3,(H,25,27). The topological polar surface area (TPSA) is 66.5 Å². The SMILES string of the molecule is Cc1ccc(S(=O)(=O)N2CCc3ccc(NC(=O)c4cccc(C)c4)cc3C2)cc1. The van der Waals surface area contributed by atoms with Crippen LogP contribution in [0.1, 0.15) is 32.6 Å². The van der Waals surface area contributed by atoms with E-state index in [-0.39, 0.29) is 5.91 Å². The third-order valence-electron chi connectivity index (χ3n) is 5.38. The van der Waals surface area contributed by atoms with Crippen LogP contribution in [0, 0.1) is 13.8 Å². The molecule has 0 aliphatic carbocycles. The number of nitrogens with one attached hydrogen (secondary N) is 1. The van der Waals surface area contributed by atoms with Gasteiger partial charge in [0.05, 0.1) is 4.90 Å². The minimum absolute atomic E-state index is 0.182. The van der Waals surface area contributed by atoms with Gasteiger partial charge >= 0.3 is 0 Å². The Kier molecular flexibility index (Phi) is 5.45. The molecule has 0 radical (unpaired) electrons. The first kappa shape index (κ1) is 20.3. The van der Waals surface area contributed by atoms with Crippen LogP contribution in [0.4, 0.5) is 5.69 Å². The second kappa shape index (κ2) is 8.05. The van der Waals surface area contributed by atoms with Gasteiger partial charge in [0.2, 0.25) is 10.0 Å². The molecule has 0 unspecified atom stereocenters. The van der Waals surface area contributed by atoms with Crippen LogP contribution in [0.15, 0.2) is 71.6 Å². The van der Waals surface area contributed by atoms with Crippen molar-refractivity contribution in [3.05, 3.63) is 94.5 Å². The molecule has 1 N–H and O–H groups in total. The molecule has 0 spiro atoms. The van der Waals surface area contributed by atoms with E-state index in [0.29, 0.717) is 35.7 Å². The molecule has 1 aliphatic heterocycles. The van der Waals surface area contributed by atoms with E-state index in [1.807, 2.05) is 62.4 Å². The number of hydrogen-bond donors (Lipinski definition) is 1. The van der Waals surface area contributed by atoms with Crippen LogP contribution in [0.25, 0.3) is 0 Å². The Morgan fingerprint density at radius 2 is 1.67 bits per heavy atom. The molecule has 1 heterocycles. The number of sulfonamides is 1. The van der Waals surface area contributed by atoms with Crippen molar-refractivity contribution >= 4 is 21.6 Å². The molecule has 6 heteroatoms. The van der Waals surface area contributed by atoms with Crippen molar-refractivity contribution in [1.29, 1.82) is 0 Å². The van der Waals surface area contributed by atoms with Gasteiger partial charge in [-0.1, -0.05) is 41.5 Å². The van der Waals surface area contributed by atoms with Gasteiger partial charge in [-0.15, -0.1) is 0 Å². The Morgan fingerprint density at radius 3 is 2.40 bits per heavy atom. The number of carbonyl (C=O) groups excluding carboxylic acids is 1. The molecule has 0 bridgehead atoms. The predicted molar refractivity (Wildman–Crippen MR) is 118 cm³/mol. The molecule has 3 aromatic rings. The van der Waals surface area contributed by atoms with Gasteiger partial charge in [-0.05, 0) is 67.8 Å². The first-order chi connectivity index (χ1) is 14.3. The quantitative estimate of drug-likeness (QED) is 0.684. The van der Waals surface area contributed by atoms with Crippen molar-refractivity contribution in [2.75, 3.05) is 11.9 Å². The number of aryl methyl sites for hydroxylation is 2. The highest BCUT2D eigenvalue weighted by Crippen LogP contribution is 2.27. The maximum atomic E-state index is 13.0.